The van der Waals surface area contributed by atoms with Gasteiger partial charge in [0.15, 0.2) is 0 Å². The van der Waals surface area contributed by atoms with Gasteiger partial charge in [0.25, 0.3) is 0 Å². The van der Waals surface area contributed by atoms with E-state index in [1.807, 2.05) is 35.0 Å². The third kappa shape index (κ3) is 3.42. The lowest BCUT2D eigenvalue weighted by atomic mass is 10.2. The van der Waals surface area contributed by atoms with E-state index < -0.39 is 0 Å². The van der Waals surface area contributed by atoms with E-state index in [2.05, 4.69) is 28.5 Å². The summed E-state index contributed by atoms with van der Waals surface area (Å²) in [5.74, 6) is 0. The molecule has 0 radical (unpaired) electrons. The minimum absolute atomic E-state index is 0.844. The van der Waals surface area contributed by atoms with Crippen LogP contribution in [0.5, 0.6) is 0 Å². The van der Waals surface area contributed by atoms with Crippen LogP contribution in [0.3, 0.4) is 0 Å². The zero-order valence-corrected chi connectivity index (χ0v) is 10.4. The van der Waals surface area contributed by atoms with Crippen LogP contribution in [0.4, 0.5) is 0 Å². The number of nitrogens with zero attached hydrogens (tertiary/aromatic N) is 4. The van der Waals surface area contributed by atoms with E-state index in [0.29, 0.717) is 0 Å². The third-order valence-electron chi connectivity index (χ3n) is 2.64. The largest absolute Gasteiger partial charge is 0.311 e. The maximum absolute atomic E-state index is 4.50. The van der Waals surface area contributed by atoms with Gasteiger partial charge in [-0.15, -0.1) is 0 Å². The highest BCUT2D eigenvalue weighted by molar-refractivity contribution is 5.04. The van der Waals surface area contributed by atoms with Crippen LogP contribution in [-0.2, 0) is 26.6 Å². The van der Waals surface area contributed by atoms with Gasteiger partial charge >= 0.3 is 0 Å². The molecule has 0 fully saturated rings. The fraction of sp³-hybridized carbons (Fsp3) is 0.500. The molecule has 2 rings (SSSR count). The summed E-state index contributed by atoms with van der Waals surface area (Å²) in [6.45, 7) is 4.82. The van der Waals surface area contributed by atoms with Gasteiger partial charge in [0.2, 0.25) is 0 Å². The molecule has 0 spiro atoms. The van der Waals surface area contributed by atoms with Crippen LogP contribution in [0.15, 0.2) is 24.7 Å². The summed E-state index contributed by atoms with van der Waals surface area (Å²) >= 11 is 0. The summed E-state index contributed by atoms with van der Waals surface area (Å²) in [6, 6.07) is 2.06. The lowest BCUT2D eigenvalue weighted by Gasteiger charge is -2.00. The van der Waals surface area contributed by atoms with Crippen LogP contribution >= 0.6 is 0 Å². The van der Waals surface area contributed by atoms with Gasteiger partial charge in [0.05, 0.1) is 11.9 Å². The van der Waals surface area contributed by atoms with Crippen molar-refractivity contribution in [3.8, 4) is 0 Å². The SMILES string of the molecule is CCNCc1ccn(CCc2cnn(C)c2)n1. The molecule has 0 aliphatic carbocycles. The predicted molar refractivity (Wildman–Crippen MR) is 66.5 cm³/mol. The van der Waals surface area contributed by atoms with Gasteiger partial charge < -0.3 is 5.32 Å². The summed E-state index contributed by atoms with van der Waals surface area (Å²) in [7, 11) is 1.94. The van der Waals surface area contributed by atoms with Gasteiger partial charge in [-0.3, -0.25) is 9.36 Å². The first-order valence-corrected chi connectivity index (χ1v) is 5.98. The first-order chi connectivity index (χ1) is 8.28. The second-order valence-corrected chi connectivity index (χ2v) is 4.12. The van der Waals surface area contributed by atoms with Crippen molar-refractivity contribution in [2.75, 3.05) is 6.54 Å². The Bertz CT molecular complexity index is 457. The van der Waals surface area contributed by atoms with Crippen LogP contribution < -0.4 is 5.32 Å². The molecular weight excluding hydrogens is 214 g/mol. The van der Waals surface area contributed by atoms with Gasteiger partial charge in [0.1, 0.15) is 0 Å². The maximum Gasteiger partial charge on any atom is 0.0762 e. The Balaban J connectivity index is 1.84. The minimum atomic E-state index is 0.844. The molecule has 0 unspecified atom stereocenters. The second-order valence-electron chi connectivity index (χ2n) is 4.12. The fourth-order valence-electron chi connectivity index (χ4n) is 1.72. The maximum atomic E-state index is 4.50. The van der Waals surface area contributed by atoms with Gasteiger partial charge in [-0.25, -0.2) is 0 Å². The van der Waals surface area contributed by atoms with Crippen LogP contribution in [0.1, 0.15) is 18.2 Å². The number of rotatable bonds is 6. The fourth-order valence-corrected chi connectivity index (χ4v) is 1.72. The first-order valence-electron chi connectivity index (χ1n) is 5.98. The zero-order valence-electron chi connectivity index (χ0n) is 10.4. The number of hydrogen-bond donors (Lipinski definition) is 1. The van der Waals surface area contributed by atoms with E-state index in [1.165, 1.54) is 5.56 Å². The van der Waals surface area contributed by atoms with E-state index in [-0.39, 0.29) is 0 Å². The van der Waals surface area contributed by atoms with Crippen molar-refractivity contribution in [2.24, 2.45) is 7.05 Å². The Labute approximate surface area is 101 Å². The lowest BCUT2D eigenvalue weighted by molar-refractivity contribution is 0.595. The van der Waals surface area contributed by atoms with Gasteiger partial charge in [-0.2, -0.15) is 10.2 Å². The Kier molecular flexibility index (Phi) is 3.93. The normalized spacial score (nSPS) is 10.9. The second kappa shape index (κ2) is 5.63. The topological polar surface area (TPSA) is 47.7 Å². The molecule has 5 nitrogen and oxygen atoms in total. The number of aryl methyl sites for hydroxylation is 3. The van der Waals surface area contributed by atoms with E-state index in [9.17, 15) is 0 Å². The molecule has 0 atom stereocenters. The predicted octanol–water partition coefficient (Wildman–Crippen LogP) is 0.969. The van der Waals surface area contributed by atoms with Crippen LogP contribution in [0, 0.1) is 0 Å². The molecule has 0 saturated carbocycles. The summed E-state index contributed by atoms with van der Waals surface area (Å²) in [5.41, 5.74) is 2.34. The summed E-state index contributed by atoms with van der Waals surface area (Å²) in [4.78, 5) is 0. The van der Waals surface area contributed by atoms with Crippen molar-refractivity contribution in [2.45, 2.75) is 26.4 Å². The van der Waals surface area contributed by atoms with Crippen molar-refractivity contribution in [3.05, 3.63) is 35.9 Å². The standard InChI is InChI=1S/C12H19N5/c1-3-13-9-12-5-7-17(15-12)6-4-11-8-14-16(2)10-11/h5,7-8,10,13H,3-4,6,9H2,1-2H3. The van der Waals surface area contributed by atoms with Crippen molar-refractivity contribution in [1.29, 1.82) is 0 Å². The molecule has 0 aromatic carbocycles. The van der Waals surface area contributed by atoms with E-state index in [4.69, 9.17) is 0 Å². The molecule has 0 aliphatic heterocycles. The molecule has 0 bridgehead atoms. The average Bonchev–Trinajstić information content (AvgIpc) is 2.93. The van der Waals surface area contributed by atoms with Crippen molar-refractivity contribution >= 4 is 0 Å². The quantitative estimate of drug-likeness (QED) is 0.808. The van der Waals surface area contributed by atoms with Crippen LogP contribution in [-0.4, -0.2) is 26.1 Å². The van der Waals surface area contributed by atoms with Gasteiger partial charge in [-0.1, -0.05) is 6.92 Å². The molecule has 2 heterocycles. The monoisotopic (exact) mass is 233 g/mol. The molecule has 0 amide bonds. The molecular formula is C12H19N5. The van der Waals surface area contributed by atoms with E-state index in [1.54, 1.807) is 0 Å². The van der Waals surface area contributed by atoms with Gasteiger partial charge in [0, 0.05) is 32.5 Å². The number of hydrogen-bond acceptors (Lipinski definition) is 3. The molecule has 0 saturated heterocycles. The van der Waals surface area contributed by atoms with Crippen molar-refractivity contribution in [3.63, 3.8) is 0 Å². The first kappa shape index (κ1) is 11.9. The molecule has 2 aromatic rings. The Hall–Kier alpha value is -1.62. The molecule has 1 N–H and O–H groups in total. The third-order valence-corrected chi connectivity index (χ3v) is 2.64. The number of aromatic nitrogens is 4. The summed E-state index contributed by atoms with van der Waals surface area (Å²) in [6.07, 6.45) is 6.95. The molecule has 17 heavy (non-hydrogen) atoms. The molecule has 5 heteroatoms. The van der Waals surface area contributed by atoms with Crippen LogP contribution in [0.2, 0.25) is 0 Å². The Morgan fingerprint density at radius 1 is 1.41 bits per heavy atom. The minimum Gasteiger partial charge on any atom is -0.311 e. The Morgan fingerprint density at radius 3 is 3.00 bits per heavy atom. The highest BCUT2D eigenvalue weighted by atomic mass is 15.3. The highest BCUT2D eigenvalue weighted by Gasteiger charge is 2.00. The number of nitrogens with one attached hydrogen (secondary N) is 1. The van der Waals surface area contributed by atoms with Gasteiger partial charge in [-0.05, 0) is 24.6 Å². The molecule has 92 valence electrons. The molecule has 0 aliphatic rings. The van der Waals surface area contributed by atoms with Crippen molar-refractivity contribution in [1.82, 2.24) is 24.9 Å². The zero-order chi connectivity index (χ0) is 12.1. The Morgan fingerprint density at radius 2 is 2.29 bits per heavy atom. The van der Waals surface area contributed by atoms with Crippen LogP contribution in [0.25, 0.3) is 0 Å². The van der Waals surface area contributed by atoms with Crippen molar-refractivity contribution < 1.29 is 0 Å². The smallest absolute Gasteiger partial charge is 0.0762 e. The average molecular weight is 233 g/mol. The summed E-state index contributed by atoms with van der Waals surface area (Å²) in [5, 5.41) is 11.9. The lowest BCUT2D eigenvalue weighted by Crippen LogP contribution is -2.12. The van der Waals surface area contributed by atoms with E-state index >= 15 is 0 Å². The highest BCUT2D eigenvalue weighted by Crippen LogP contribution is 2.01. The van der Waals surface area contributed by atoms with E-state index in [0.717, 1.165) is 31.7 Å². The molecule has 2 aromatic heterocycles. The summed E-state index contributed by atoms with van der Waals surface area (Å²) < 4.78 is 3.81.